The van der Waals surface area contributed by atoms with Crippen molar-refractivity contribution in [3.63, 3.8) is 0 Å². The molecule has 0 aliphatic carbocycles. The summed E-state index contributed by atoms with van der Waals surface area (Å²) in [5, 5.41) is 0.782. The van der Waals surface area contributed by atoms with Crippen molar-refractivity contribution in [3.8, 4) is 0 Å². The predicted molar refractivity (Wildman–Crippen MR) is 76.6 cm³/mol. The summed E-state index contributed by atoms with van der Waals surface area (Å²) >= 11 is 11.5. The number of benzene rings is 2. The van der Waals surface area contributed by atoms with Gasteiger partial charge in [-0.15, -0.1) is 0 Å². The lowest BCUT2D eigenvalue weighted by Gasteiger charge is -2.17. The molecule has 0 aliphatic rings. The maximum atomic E-state index is 13.4. The summed E-state index contributed by atoms with van der Waals surface area (Å²) in [6.45, 7) is 0. The van der Waals surface area contributed by atoms with E-state index >= 15 is 0 Å². The van der Waals surface area contributed by atoms with Gasteiger partial charge in [-0.3, -0.25) is 11.3 Å². The zero-order chi connectivity index (χ0) is 13.8. The Morgan fingerprint density at radius 3 is 2.37 bits per heavy atom. The molecule has 3 N–H and O–H groups in total. The summed E-state index contributed by atoms with van der Waals surface area (Å²) in [6, 6.07) is 11.9. The van der Waals surface area contributed by atoms with Crippen LogP contribution in [0.5, 0.6) is 0 Å². The molecule has 0 bridgehead atoms. The van der Waals surface area contributed by atoms with E-state index in [1.54, 1.807) is 6.07 Å². The van der Waals surface area contributed by atoms with Crippen LogP contribution in [0.25, 0.3) is 0 Å². The summed E-state index contributed by atoms with van der Waals surface area (Å²) in [6.07, 6.45) is 0.634. The van der Waals surface area contributed by atoms with Gasteiger partial charge in [0.25, 0.3) is 0 Å². The van der Waals surface area contributed by atoms with Crippen molar-refractivity contribution in [2.24, 2.45) is 5.84 Å². The predicted octanol–water partition coefficient (Wildman–Crippen LogP) is 3.88. The van der Waals surface area contributed by atoms with Gasteiger partial charge in [-0.1, -0.05) is 41.4 Å². The first-order valence-electron chi connectivity index (χ1n) is 5.75. The van der Waals surface area contributed by atoms with Crippen molar-refractivity contribution >= 4 is 23.2 Å². The second kappa shape index (κ2) is 6.35. The number of hydrogen-bond donors (Lipinski definition) is 2. The zero-order valence-electron chi connectivity index (χ0n) is 10.0. The third-order valence-corrected chi connectivity index (χ3v) is 3.46. The highest BCUT2D eigenvalue weighted by Gasteiger charge is 2.12. The molecule has 1 unspecified atom stereocenters. The van der Waals surface area contributed by atoms with Gasteiger partial charge in [0, 0.05) is 5.02 Å². The average molecular weight is 299 g/mol. The fourth-order valence-corrected chi connectivity index (χ4v) is 2.10. The lowest BCUT2D eigenvalue weighted by Crippen LogP contribution is -2.29. The van der Waals surface area contributed by atoms with Crippen LogP contribution < -0.4 is 11.3 Å². The largest absolute Gasteiger partial charge is 0.271 e. The van der Waals surface area contributed by atoms with Gasteiger partial charge in [0.2, 0.25) is 0 Å². The van der Waals surface area contributed by atoms with Gasteiger partial charge in [-0.05, 0) is 41.8 Å². The Kier molecular flexibility index (Phi) is 4.77. The molecule has 0 amide bonds. The van der Waals surface area contributed by atoms with E-state index in [9.17, 15) is 4.39 Å². The van der Waals surface area contributed by atoms with Crippen molar-refractivity contribution in [2.45, 2.75) is 12.5 Å². The topological polar surface area (TPSA) is 38.0 Å². The Bertz CT molecular complexity index is 558. The summed E-state index contributed by atoms with van der Waals surface area (Å²) < 4.78 is 13.4. The third kappa shape index (κ3) is 3.67. The summed E-state index contributed by atoms with van der Waals surface area (Å²) in [7, 11) is 0. The third-order valence-electron chi connectivity index (χ3n) is 2.90. The molecule has 0 saturated carbocycles. The molecule has 2 nitrogen and oxygen atoms in total. The van der Waals surface area contributed by atoms with Crippen molar-refractivity contribution in [1.82, 2.24) is 5.43 Å². The average Bonchev–Trinajstić information content (AvgIpc) is 2.41. The van der Waals surface area contributed by atoms with E-state index in [0.717, 1.165) is 11.1 Å². The molecule has 19 heavy (non-hydrogen) atoms. The molecule has 2 aromatic carbocycles. The van der Waals surface area contributed by atoms with Crippen molar-refractivity contribution in [2.75, 3.05) is 0 Å². The van der Waals surface area contributed by atoms with Gasteiger partial charge in [0.05, 0.1) is 11.1 Å². The summed E-state index contributed by atoms with van der Waals surface area (Å²) in [5.74, 6) is 5.09. The number of rotatable bonds is 4. The quantitative estimate of drug-likeness (QED) is 0.664. The minimum absolute atomic E-state index is 0.103. The van der Waals surface area contributed by atoms with Crippen molar-refractivity contribution in [1.29, 1.82) is 0 Å². The number of hydrazine groups is 1. The SMILES string of the molecule is NNC(Cc1ccc(Cl)cc1)c1ccc(Cl)c(F)c1. The minimum atomic E-state index is -0.449. The molecule has 0 aromatic heterocycles. The zero-order valence-corrected chi connectivity index (χ0v) is 11.5. The van der Waals surface area contributed by atoms with Gasteiger partial charge in [-0.25, -0.2) is 4.39 Å². The first-order chi connectivity index (χ1) is 9.10. The first kappa shape index (κ1) is 14.3. The van der Waals surface area contributed by atoms with Crippen molar-refractivity contribution < 1.29 is 4.39 Å². The Morgan fingerprint density at radius 1 is 1.11 bits per heavy atom. The highest BCUT2D eigenvalue weighted by molar-refractivity contribution is 6.30. The van der Waals surface area contributed by atoms with E-state index in [4.69, 9.17) is 29.0 Å². The molecule has 2 aromatic rings. The van der Waals surface area contributed by atoms with Gasteiger partial charge in [0.1, 0.15) is 5.82 Å². The molecule has 0 aliphatic heterocycles. The van der Waals surface area contributed by atoms with Crippen LogP contribution in [0.1, 0.15) is 17.2 Å². The Hall–Kier alpha value is -1.13. The molecule has 0 saturated heterocycles. The maximum absolute atomic E-state index is 13.4. The number of hydrogen-bond acceptors (Lipinski definition) is 2. The monoisotopic (exact) mass is 298 g/mol. The minimum Gasteiger partial charge on any atom is -0.271 e. The fourth-order valence-electron chi connectivity index (χ4n) is 1.86. The van der Waals surface area contributed by atoms with Crippen LogP contribution in [0.3, 0.4) is 0 Å². The highest BCUT2D eigenvalue weighted by atomic mass is 35.5. The lowest BCUT2D eigenvalue weighted by molar-refractivity contribution is 0.544. The molecule has 100 valence electrons. The van der Waals surface area contributed by atoms with E-state index in [0.29, 0.717) is 11.4 Å². The van der Waals surface area contributed by atoms with Crippen LogP contribution in [0, 0.1) is 5.82 Å². The van der Waals surface area contributed by atoms with Gasteiger partial charge in [-0.2, -0.15) is 0 Å². The second-order valence-electron chi connectivity index (χ2n) is 4.22. The molecule has 0 fully saturated rings. The summed E-state index contributed by atoms with van der Waals surface area (Å²) in [5.41, 5.74) is 4.49. The lowest BCUT2D eigenvalue weighted by atomic mass is 9.99. The number of halogens is 3. The smallest absolute Gasteiger partial charge is 0.142 e. The van der Waals surface area contributed by atoms with Gasteiger partial charge < -0.3 is 0 Å². The standard InChI is InChI=1S/C14H13Cl2FN2/c15-11-4-1-9(2-5-11)7-14(19-18)10-3-6-12(16)13(17)8-10/h1-6,8,14,19H,7,18H2. The van der Waals surface area contributed by atoms with Crippen LogP contribution >= 0.6 is 23.2 Å². The van der Waals surface area contributed by atoms with Gasteiger partial charge >= 0.3 is 0 Å². The maximum Gasteiger partial charge on any atom is 0.142 e. The van der Waals surface area contributed by atoms with Crippen LogP contribution in [0.2, 0.25) is 10.0 Å². The Morgan fingerprint density at radius 2 is 1.79 bits per heavy atom. The van der Waals surface area contributed by atoms with E-state index in [1.807, 2.05) is 24.3 Å². The van der Waals surface area contributed by atoms with Gasteiger partial charge in [0.15, 0.2) is 0 Å². The van der Waals surface area contributed by atoms with E-state index < -0.39 is 5.82 Å². The van der Waals surface area contributed by atoms with Crippen LogP contribution in [0.15, 0.2) is 42.5 Å². The molecule has 5 heteroatoms. The van der Waals surface area contributed by atoms with Crippen LogP contribution in [-0.2, 0) is 6.42 Å². The van der Waals surface area contributed by atoms with Crippen LogP contribution in [-0.4, -0.2) is 0 Å². The second-order valence-corrected chi connectivity index (χ2v) is 5.07. The van der Waals surface area contributed by atoms with E-state index in [-0.39, 0.29) is 11.1 Å². The van der Waals surface area contributed by atoms with E-state index in [1.165, 1.54) is 12.1 Å². The normalized spacial score (nSPS) is 12.4. The molecule has 2 rings (SSSR count). The molecule has 0 radical (unpaired) electrons. The molecule has 0 spiro atoms. The van der Waals surface area contributed by atoms with E-state index in [2.05, 4.69) is 5.43 Å². The Balaban J connectivity index is 2.19. The highest BCUT2D eigenvalue weighted by Crippen LogP contribution is 2.23. The number of nitrogens with two attached hydrogens (primary N) is 1. The molecule has 0 heterocycles. The molecular formula is C14H13Cl2FN2. The number of nitrogens with one attached hydrogen (secondary N) is 1. The fraction of sp³-hybridized carbons (Fsp3) is 0.143. The summed E-state index contributed by atoms with van der Waals surface area (Å²) in [4.78, 5) is 0. The van der Waals surface area contributed by atoms with Crippen molar-refractivity contribution in [3.05, 3.63) is 69.5 Å². The van der Waals surface area contributed by atoms with Crippen LogP contribution in [0.4, 0.5) is 4.39 Å². The molecule has 1 atom stereocenters. The Labute approximate surface area is 121 Å². The first-order valence-corrected chi connectivity index (χ1v) is 6.51. The molecular weight excluding hydrogens is 286 g/mol.